The van der Waals surface area contributed by atoms with Gasteiger partial charge in [-0.05, 0) is 43.2 Å². The van der Waals surface area contributed by atoms with Gasteiger partial charge in [-0.1, -0.05) is 29.3 Å². The second kappa shape index (κ2) is 7.57. The Morgan fingerprint density at radius 1 is 1.09 bits per heavy atom. The Balaban J connectivity index is 2.03. The van der Waals surface area contributed by atoms with Crippen molar-refractivity contribution < 1.29 is 9.53 Å². The van der Waals surface area contributed by atoms with Gasteiger partial charge in [0.15, 0.2) is 0 Å². The highest BCUT2D eigenvalue weighted by Gasteiger charge is 2.10. The van der Waals surface area contributed by atoms with Crippen LogP contribution in [0, 0.1) is 13.8 Å². The number of ether oxygens (including phenoxy) is 1. The van der Waals surface area contributed by atoms with Gasteiger partial charge < -0.3 is 15.4 Å². The summed E-state index contributed by atoms with van der Waals surface area (Å²) >= 11 is 12.2. The van der Waals surface area contributed by atoms with E-state index in [0.717, 1.165) is 11.1 Å². The van der Waals surface area contributed by atoms with Crippen molar-refractivity contribution in [1.82, 2.24) is 0 Å². The zero-order valence-corrected chi connectivity index (χ0v) is 14.7. The summed E-state index contributed by atoms with van der Waals surface area (Å²) in [5.41, 5.74) is 3.23. The van der Waals surface area contributed by atoms with Crippen molar-refractivity contribution in [1.29, 1.82) is 0 Å². The molecule has 0 heterocycles. The zero-order chi connectivity index (χ0) is 17.0. The van der Waals surface area contributed by atoms with Gasteiger partial charge in [-0.25, -0.2) is 0 Å². The molecule has 23 heavy (non-hydrogen) atoms. The fourth-order valence-electron chi connectivity index (χ4n) is 2.06. The lowest BCUT2D eigenvalue weighted by molar-refractivity contribution is -0.114. The minimum absolute atomic E-state index is 0.0850. The van der Waals surface area contributed by atoms with Gasteiger partial charge in [0, 0.05) is 11.1 Å². The topological polar surface area (TPSA) is 50.4 Å². The summed E-state index contributed by atoms with van der Waals surface area (Å²) < 4.78 is 5.26. The van der Waals surface area contributed by atoms with E-state index in [1.54, 1.807) is 25.3 Å². The lowest BCUT2D eigenvalue weighted by atomic mass is 10.2. The van der Waals surface area contributed by atoms with E-state index in [2.05, 4.69) is 10.6 Å². The molecule has 0 saturated carbocycles. The summed E-state index contributed by atoms with van der Waals surface area (Å²) in [5, 5.41) is 6.94. The first-order chi connectivity index (χ1) is 10.9. The Morgan fingerprint density at radius 2 is 1.83 bits per heavy atom. The van der Waals surface area contributed by atoms with Crippen LogP contribution < -0.4 is 15.4 Å². The number of aryl methyl sites for hydroxylation is 2. The summed E-state index contributed by atoms with van der Waals surface area (Å²) in [6.07, 6.45) is 0. The van der Waals surface area contributed by atoms with Crippen molar-refractivity contribution in [2.24, 2.45) is 0 Å². The van der Waals surface area contributed by atoms with Crippen molar-refractivity contribution in [2.45, 2.75) is 13.8 Å². The molecular weight excluding hydrogens is 335 g/mol. The van der Waals surface area contributed by atoms with Gasteiger partial charge in [-0.3, -0.25) is 4.79 Å². The molecule has 0 aromatic heterocycles. The van der Waals surface area contributed by atoms with Crippen LogP contribution in [0.15, 0.2) is 30.3 Å². The predicted molar refractivity (Wildman–Crippen MR) is 96.0 cm³/mol. The van der Waals surface area contributed by atoms with Gasteiger partial charge in [-0.2, -0.15) is 0 Å². The fourth-order valence-corrected chi connectivity index (χ4v) is 2.50. The molecule has 0 atom stereocenters. The molecule has 0 aliphatic carbocycles. The number of amides is 1. The van der Waals surface area contributed by atoms with Gasteiger partial charge in [0.05, 0.1) is 30.1 Å². The third-order valence-corrected chi connectivity index (χ3v) is 4.04. The largest absolute Gasteiger partial charge is 0.495 e. The first-order valence-electron chi connectivity index (χ1n) is 7.04. The maximum absolute atomic E-state index is 12.1. The van der Waals surface area contributed by atoms with Crippen molar-refractivity contribution >= 4 is 40.5 Å². The predicted octanol–water partition coefficient (Wildman–Crippen LogP) is 4.67. The number of halogens is 2. The molecular formula is C17H18Cl2N2O2. The van der Waals surface area contributed by atoms with Crippen LogP contribution in [0.3, 0.4) is 0 Å². The Labute approximate surface area is 145 Å². The molecule has 4 nitrogen and oxygen atoms in total. The number of hydrogen-bond acceptors (Lipinski definition) is 3. The number of hydrogen-bond donors (Lipinski definition) is 2. The second-order valence-corrected chi connectivity index (χ2v) is 6.00. The van der Waals surface area contributed by atoms with Crippen LogP contribution in [0.4, 0.5) is 11.4 Å². The molecule has 122 valence electrons. The molecule has 6 heteroatoms. The maximum Gasteiger partial charge on any atom is 0.243 e. The molecule has 0 aliphatic rings. The molecule has 0 saturated heterocycles. The maximum atomic E-state index is 12.1. The lowest BCUT2D eigenvalue weighted by Gasteiger charge is -2.13. The van der Waals surface area contributed by atoms with Crippen LogP contribution in [0.5, 0.6) is 5.75 Å². The molecule has 0 spiro atoms. The average molecular weight is 353 g/mol. The zero-order valence-electron chi connectivity index (χ0n) is 13.2. The summed E-state index contributed by atoms with van der Waals surface area (Å²) in [4.78, 5) is 12.1. The Hall–Kier alpha value is -1.91. The molecule has 0 aliphatic heterocycles. The second-order valence-electron chi connectivity index (χ2n) is 5.19. The van der Waals surface area contributed by atoms with E-state index >= 15 is 0 Å². The van der Waals surface area contributed by atoms with Gasteiger partial charge in [0.25, 0.3) is 0 Å². The van der Waals surface area contributed by atoms with Crippen molar-refractivity contribution in [3.63, 3.8) is 0 Å². The fraction of sp³-hybridized carbons (Fsp3) is 0.235. The summed E-state index contributed by atoms with van der Waals surface area (Å²) in [6.45, 7) is 3.91. The van der Waals surface area contributed by atoms with Crippen LogP contribution >= 0.6 is 23.2 Å². The highest BCUT2D eigenvalue weighted by atomic mass is 35.5. The smallest absolute Gasteiger partial charge is 0.243 e. The normalized spacial score (nSPS) is 10.3. The first kappa shape index (κ1) is 17.4. The monoisotopic (exact) mass is 352 g/mol. The van der Waals surface area contributed by atoms with Crippen molar-refractivity contribution in [3.8, 4) is 5.75 Å². The Morgan fingerprint density at radius 3 is 2.48 bits per heavy atom. The number of rotatable bonds is 5. The van der Waals surface area contributed by atoms with E-state index in [-0.39, 0.29) is 12.5 Å². The van der Waals surface area contributed by atoms with Crippen LogP contribution in [0.1, 0.15) is 11.1 Å². The average Bonchev–Trinajstić information content (AvgIpc) is 2.50. The van der Waals surface area contributed by atoms with E-state index in [1.807, 2.05) is 26.0 Å². The van der Waals surface area contributed by atoms with Crippen LogP contribution in [-0.4, -0.2) is 19.6 Å². The number of anilines is 2. The third kappa shape index (κ3) is 4.53. The summed E-state index contributed by atoms with van der Waals surface area (Å²) in [5.74, 6) is 0.382. The van der Waals surface area contributed by atoms with E-state index in [0.29, 0.717) is 27.2 Å². The lowest BCUT2D eigenvalue weighted by Crippen LogP contribution is -2.22. The summed E-state index contributed by atoms with van der Waals surface area (Å²) in [7, 11) is 1.55. The minimum atomic E-state index is -0.203. The number of methoxy groups -OCH3 is 1. The van der Waals surface area contributed by atoms with Crippen molar-refractivity contribution in [3.05, 3.63) is 51.5 Å². The Bertz CT molecular complexity index is 733. The molecule has 2 aromatic carbocycles. The standard InChI is InChI=1S/C17H18Cl2N2O2/c1-10-4-5-14(13(19)6-10)21-17(22)9-20-15-7-11(2)12(18)8-16(15)23-3/h4-8,20H,9H2,1-3H3,(H,21,22). The number of carbonyl (C=O) groups excluding carboxylic acids is 1. The molecule has 0 unspecified atom stereocenters. The SMILES string of the molecule is COc1cc(Cl)c(C)cc1NCC(=O)Nc1ccc(C)cc1Cl. The van der Waals surface area contributed by atoms with Crippen molar-refractivity contribution in [2.75, 3.05) is 24.3 Å². The first-order valence-corrected chi connectivity index (χ1v) is 7.80. The van der Waals surface area contributed by atoms with Gasteiger partial charge in [0.2, 0.25) is 5.91 Å². The van der Waals surface area contributed by atoms with Crippen LogP contribution in [0.2, 0.25) is 10.0 Å². The number of carbonyl (C=O) groups is 1. The van der Waals surface area contributed by atoms with E-state index < -0.39 is 0 Å². The number of benzene rings is 2. The highest BCUT2D eigenvalue weighted by molar-refractivity contribution is 6.33. The Kier molecular flexibility index (Phi) is 5.74. The molecule has 1 amide bonds. The summed E-state index contributed by atoms with van der Waals surface area (Å²) in [6, 6.07) is 9.03. The molecule has 0 fully saturated rings. The molecule has 0 bridgehead atoms. The van der Waals surface area contributed by atoms with E-state index in [9.17, 15) is 4.79 Å². The number of nitrogens with one attached hydrogen (secondary N) is 2. The van der Waals surface area contributed by atoms with E-state index in [4.69, 9.17) is 27.9 Å². The van der Waals surface area contributed by atoms with Gasteiger partial charge in [-0.15, -0.1) is 0 Å². The van der Waals surface area contributed by atoms with Gasteiger partial charge in [0.1, 0.15) is 5.75 Å². The quantitative estimate of drug-likeness (QED) is 0.821. The minimum Gasteiger partial charge on any atom is -0.495 e. The third-order valence-electron chi connectivity index (χ3n) is 3.32. The highest BCUT2D eigenvalue weighted by Crippen LogP contribution is 2.30. The van der Waals surface area contributed by atoms with Crippen LogP contribution in [0.25, 0.3) is 0 Å². The van der Waals surface area contributed by atoms with Crippen LogP contribution in [-0.2, 0) is 4.79 Å². The molecule has 2 rings (SSSR count). The molecule has 2 aromatic rings. The van der Waals surface area contributed by atoms with E-state index in [1.165, 1.54) is 0 Å². The van der Waals surface area contributed by atoms with Gasteiger partial charge >= 0.3 is 0 Å². The molecule has 2 N–H and O–H groups in total. The molecule has 0 radical (unpaired) electrons.